The van der Waals surface area contributed by atoms with Gasteiger partial charge in [0.05, 0.1) is 6.54 Å². The van der Waals surface area contributed by atoms with Gasteiger partial charge in [0, 0.05) is 20.4 Å². The van der Waals surface area contributed by atoms with Crippen molar-refractivity contribution in [1.29, 1.82) is 0 Å². The number of hydrogen-bond acceptors (Lipinski definition) is 4. The molecule has 1 aliphatic rings. The molecule has 4 nitrogen and oxygen atoms in total. The van der Waals surface area contributed by atoms with E-state index in [-0.39, 0.29) is 11.8 Å². The predicted octanol–water partition coefficient (Wildman–Crippen LogP) is 4.93. The molecular weight excluding hydrogens is 435 g/mol. The average molecular weight is 453 g/mol. The van der Waals surface area contributed by atoms with Crippen molar-refractivity contribution in [2.45, 2.75) is 31.2 Å². The van der Waals surface area contributed by atoms with E-state index in [2.05, 4.69) is 5.32 Å². The minimum atomic E-state index is -0.723. The van der Waals surface area contributed by atoms with Gasteiger partial charge in [-0.15, -0.1) is 0 Å². The van der Waals surface area contributed by atoms with Gasteiger partial charge in [0.2, 0.25) is 0 Å². The lowest BCUT2D eigenvalue weighted by atomic mass is 10.00. The number of amides is 2. The van der Waals surface area contributed by atoms with E-state index in [1.807, 2.05) is 26.0 Å². The first-order valence-corrected chi connectivity index (χ1v) is 10.5. The first-order chi connectivity index (χ1) is 13.2. The smallest absolute Gasteiger partial charge is 0.252 e. The van der Waals surface area contributed by atoms with Gasteiger partial charge in [-0.3, -0.25) is 14.5 Å². The van der Waals surface area contributed by atoms with Crippen molar-refractivity contribution in [2.24, 2.45) is 0 Å². The van der Waals surface area contributed by atoms with Gasteiger partial charge in [-0.05, 0) is 55.8 Å². The van der Waals surface area contributed by atoms with E-state index in [1.165, 1.54) is 16.7 Å². The van der Waals surface area contributed by atoms with Crippen molar-refractivity contribution in [3.8, 4) is 0 Å². The second-order valence-corrected chi connectivity index (χ2v) is 10.1. The minimum Gasteiger partial charge on any atom is -0.339 e. The van der Waals surface area contributed by atoms with Gasteiger partial charge in [-0.1, -0.05) is 59.3 Å². The zero-order valence-electron chi connectivity index (χ0n) is 15.2. The van der Waals surface area contributed by atoms with Crippen LogP contribution in [0.15, 0.2) is 48.5 Å². The van der Waals surface area contributed by atoms with Crippen molar-refractivity contribution in [2.75, 3.05) is 0 Å². The molecule has 146 valence electrons. The minimum absolute atomic E-state index is 0.231. The van der Waals surface area contributed by atoms with Crippen LogP contribution in [0.25, 0.3) is 0 Å². The number of thioether (sulfide) groups is 1. The van der Waals surface area contributed by atoms with Gasteiger partial charge in [0.1, 0.15) is 10.4 Å². The predicted molar refractivity (Wildman–Crippen MR) is 119 cm³/mol. The second kappa shape index (κ2) is 8.41. The molecule has 1 N–H and O–H groups in total. The van der Waals surface area contributed by atoms with E-state index in [4.69, 9.17) is 35.4 Å². The van der Waals surface area contributed by atoms with Gasteiger partial charge in [0.25, 0.3) is 11.8 Å². The summed E-state index contributed by atoms with van der Waals surface area (Å²) in [5.41, 5.74) is 1.35. The van der Waals surface area contributed by atoms with E-state index >= 15 is 0 Å². The summed E-state index contributed by atoms with van der Waals surface area (Å²) >= 11 is 18.7. The topological polar surface area (TPSA) is 49.4 Å². The summed E-state index contributed by atoms with van der Waals surface area (Å²) in [7, 11) is 0. The summed E-state index contributed by atoms with van der Waals surface area (Å²) in [5.74, 6) is -0.561. The van der Waals surface area contributed by atoms with Gasteiger partial charge >= 0.3 is 0 Å². The summed E-state index contributed by atoms with van der Waals surface area (Å²) in [6, 6.07) is 13.1. The molecule has 1 saturated heterocycles. The Kier molecular flexibility index (Phi) is 6.34. The highest BCUT2D eigenvalue weighted by Crippen LogP contribution is 2.37. The zero-order chi connectivity index (χ0) is 20.5. The van der Waals surface area contributed by atoms with Crippen LogP contribution in [0.3, 0.4) is 0 Å². The Hall–Kier alpha value is -1.60. The zero-order valence-corrected chi connectivity index (χ0v) is 18.4. The lowest BCUT2D eigenvalue weighted by molar-refractivity contribution is -0.130. The monoisotopic (exact) mass is 452 g/mol. The van der Waals surface area contributed by atoms with Crippen molar-refractivity contribution in [3.63, 3.8) is 0 Å². The van der Waals surface area contributed by atoms with Crippen LogP contribution < -0.4 is 5.32 Å². The Morgan fingerprint density at radius 1 is 1.11 bits per heavy atom. The summed E-state index contributed by atoms with van der Waals surface area (Å²) in [6.07, 6.45) is 0. The van der Waals surface area contributed by atoms with Crippen LogP contribution in [-0.4, -0.2) is 31.8 Å². The standard InChI is InChI=1S/C20H18Cl2N2O2S2/c1-20(2)16(23-17(25)13-5-9-15(22)10-6-13)18(26)24(19(27)28-20)11-12-3-7-14(21)8-4-12/h3-10,16H,11H2,1-2H3,(H,23,25). The highest BCUT2D eigenvalue weighted by molar-refractivity contribution is 8.24. The van der Waals surface area contributed by atoms with Crippen LogP contribution >= 0.6 is 47.2 Å². The van der Waals surface area contributed by atoms with Crippen LogP contribution in [0.4, 0.5) is 0 Å². The van der Waals surface area contributed by atoms with Gasteiger partial charge in [-0.2, -0.15) is 0 Å². The molecule has 3 rings (SSSR count). The molecule has 1 heterocycles. The molecule has 1 aliphatic heterocycles. The van der Waals surface area contributed by atoms with Crippen molar-refractivity contribution in [3.05, 3.63) is 69.7 Å². The highest BCUT2D eigenvalue weighted by atomic mass is 35.5. The molecule has 2 aromatic rings. The third-order valence-electron chi connectivity index (χ3n) is 4.41. The number of carbonyl (C=O) groups excluding carboxylic acids is 2. The van der Waals surface area contributed by atoms with Crippen molar-refractivity contribution in [1.82, 2.24) is 10.2 Å². The molecular formula is C20H18Cl2N2O2S2. The maximum absolute atomic E-state index is 13.2. The van der Waals surface area contributed by atoms with E-state index in [9.17, 15) is 9.59 Å². The first kappa shape index (κ1) is 21.1. The number of halogens is 2. The third kappa shape index (κ3) is 4.69. The third-order valence-corrected chi connectivity index (χ3v) is 6.55. The summed E-state index contributed by atoms with van der Waals surface area (Å²) < 4.78 is -0.0887. The SMILES string of the molecule is CC1(C)SC(=S)N(Cc2ccc(Cl)cc2)C(=O)C1NC(=O)c1ccc(Cl)cc1. The number of benzene rings is 2. The van der Waals surface area contributed by atoms with Gasteiger partial charge in [0.15, 0.2) is 0 Å². The Balaban J connectivity index is 1.81. The lowest BCUT2D eigenvalue weighted by Gasteiger charge is -2.42. The largest absolute Gasteiger partial charge is 0.339 e. The molecule has 0 aliphatic carbocycles. The summed E-state index contributed by atoms with van der Waals surface area (Å²) in [4.78, 5) is 27.4. The molecule has 0 bridgehead atoms. The van der Waals surface area contributed by atoms with E-state index in [1.54, 1.807) is 36.4 Å². The maximum Gasteiger partial charge on any atom is 0.252 e. The molecule has 0 aromatic heterocycles. The first-order valence-electron chi connectivity index (χ1n) is 8.52. The fourth-order valence-corrected chi connectivity index (χ4v) is 4.89. The van der Waals surface area contributed by atoms with Crippen LogP contribution in [0, 0.1) is 0 Å². The maximum atomic E-state index is 13.2. The Morgan fingerprint density at radius 3 is 2.21 bits per heavy atom. The highest BCUT2D eigenvalue weighted by Gasteiger charge is 2.46. The molecule has 1 fully saturated rings. The second-order valence-electron chi connectivity index (χ2n) is 6.94. The number of hydrogen-bond donors (Lipinski definition) is 1. The van der Waals surface area contributed by atoms with Crippen LogP contribution in [0.5, 0.6) is 0 Å². The van der Waals surface area contributed by atoms with Crippen molar-refractivity contribution < 1.29 is 9.59 Å². The van der Waals surface area contributed by atoms with Crippen LogP contribution in [-0.2, 0) is 11.3 Å². The number of thiocarbonyl (C=S) groups is 1. The number of carbonyl (C=O) groups is 2. The molecule has 2 amide bonds. The van der Waals surface area contributed by atoms with Gasteiger partial charge < -0.3 is 5.32 Å². The number of nitrogens with one attached hydrogen (secondary N) is 1. The molecule has 2 aromatic carbocycles. The van der Waals surface area contributed by atoms with E-state index in [0.29, 0.717) is 26.5 Å². The molecule has 1 atom stereocenters. The fourth-order valence-electron chi connectivity index (χ4n) is 2.85. The lowest BCUT2D eigenvalue weighted by Crippen LogP contribution is -2.62. The van der Waals surface area contributed by atoms with E-state index in [0.717, 1.165) is 5.56 Å². The van der Waals surface area contributed by atoms with Crippen LogP contribution in [0.1, 0.15) is 29.8 Å². The number of rotatable bonds is 4. The summed E-state index contributed by atoms with van der Waals surface area (Å²) in [6.45, 7) is 4.12. The molecule has 1 unspecified atom stereocenters. The normalized spacial score (nSPS) is 18.9. The van der Waals surface area contributed by atoms with E-state index < -0.39 is 10.8 Å². The Bertz CT molecular complexity index is 915. The van der Waals surface area contributed by atoms with Gasteiger partial charge in [-0.25, -0.2) is 0 Å². The summed E-state index contributed by atoms with van der Waals surface area (Å²) in [5, 5.41) is 4.03. The number of nitrogens with zero attached hydrogens (tertiary/aromatic N) is 1. The van der Waals surface area contributed by atoms with Crippen molar-refractivity contribution >= 4 is 63.3 Å². The van der Waals surface area contributed by atoms with Crippen LogP contribution in [0.2, 0.25) is 10.0 Å². The Labute approximate surface area is 183 Å². The quantitative estimate of drug-likeness (QED) is 0.667. The molecule has 0 radical (unpaired) electrons. The molecule has 0 spiro atoms. The average Bonchev–Trinajstić information content (AvgIpc) is 2.64. The molecule has 0 saturated carbocycles. The molecule has 28 heavy (non-hydrogen) atoms. The molecule has 8 heteroatoms. The fraction of sp³-hybridized carbons (Fsp3) is 0.250. The Morgan fingerprint density at radius 2 is 1.64 bits per heavy atom.